The van der Waals surface area contributed by atoms with Crippen LogP contribution < -0.4 is 125 Å². The quantitative estimate of drug-likeness (QED) is 0.0171. The van der Waals surface area contributed by atoms with Gasteiger partial charge in [0.05, 0.1) is 50.7 Å². The Balaban J connectivity index is 1.61. The number of unbranched alkanes of at least 4 members (excludes halogenated alkanes) is 1. The fourth-order valence-corrected chi connectivity index (χ4v) is 19.0. The highest BCUT2D eigenvalue weighted by Gasteiger charge is 2.41. The predicted octanol–water partition coefficient (Wildman–Crippen LogP) is -12.1. The van der Waals surface area contributed by atoms with Crippen molar-refractivity contribution in [2.24, 2.45) is 34.4 Å². The molecule has 56 heteroatoms. The second-order valence-corrected chi connectivity index (χ2v) is 36.2. The Morgan fingerprint density at radius 1 is 0.421 bits per heavy atom. The Hall–Kier alpha value is -11.1. The summed E-state index contributed by atoms with van der Waals surface area (Å²) in [6, 6.07) is -23.4. The molecule has 0 radical (unpaired) electrons. The predicted molar refractivity (Wildman–Crippen MR) is 464 cm³/mol. The molecule has 3 aliphatic heterocycles. The van der Waals surface area contributed by atoms with E-state index in [0.29, 0.717) is 38.1 Å². The summed E-state index contributed by atoms with van der Waals surface area (Å²) in [5.41, 5.74) is 36.0. The van der Waals surface area contributed by atoms with E-state index in [1.54, 1.807) is 24.3 Å². The van der Waals surface area contributed by atoms with Gasteiger partial charge in [0.1, 0.15) is 90.6 Å². The first-order chi connectivity index (χ1) is 60.0. The number of fused-ring (bicyclic) bond motifs is 17. The lowest BCUT2D eigenvalue weighted by atomic mass is 10.0. The number of aliphatic carboxylic acids is 1. The van der Waals surface area contributed by atoms with E-state index in [4.69, 9.17) is 45.2 Å². The number of aromatic nitrogens is 3. The number of H-pyrrole nitrogens is 2. The SMILES string of the molecule is N=C(N)NCCC[C@@H]1NC(=O)[C@H](CO)NC(=O)[C@H](Cc2c[nH]cn2)NC(=O)[C@H](CC(=O)O)NC(=O)[C@H](CCCNC(=N)N)NC(=O)[C@@H]2CSSC[C@H](N)C(=O)N[C@H]3CSSC[C@H](NC1=O)C(=O)N[C@H](C(N)=O)CSSC[C@H](NC(=O)[C@H](CC(N)=O)NC3=O)C(=O)N[C@@H](CO)C(=O)N[C@@H](CO)C(=O)N[C@@H](CCCCN)C(=O)N[C@@H](Cc1c[nH]c3ccccc13)C(=O)N2. The molecular formula is C70H106N28O22S6. The Kier molecular flexibility index (Phi) is 43.9. The number of aromatic amines is 2. The number of carboxylic acids is 1. The van der Waals surface area contributed by atoms with Gasteiger partial charge in [-0.1, -0.05) is 83.0 Å². The number of nitrogens with two attached hydrogens (primary N) is 6. The average molecular weight is 1880 g/mol. The van der Waals surface area contributed by atoms with Crippen molar-refractivity contribution < 1.29 is 107 Å². The molecule has 1 aromatic carbocycles. The van der Waals surface area contributed by atoms with Crippen LogP contribution in [-0.2, 0) is 99.1 Å². The number of carbonyl (C=O) groups excluding carboxylic acids is 17. The molecule has 3 aromatic rings. The van der Waals surface area contributed by atoms with Crippen LogP contribution >= 0.6 is 64.8 Å². The summed E-state index contributed by atoms with van der Waals surface area (Å²) in [6.45, 7) is -4.02. The smallest absolute Gasteiger partial charge is 0.305 e. The van der Waals surface area contributed by atoms with Gasteiger partial charge in [0, 0.05) is 83.7 Å². The van der Waals surface area contributed by atoms with Crippen molar-refractivity contribution in [2.45, 2.75) is 167 Å². The van der Waals surface area contributed by atoms with E-state index in [9.17, 15) is 92.3 Å². The molecule has 6 rings (SSSR count). The second-order valence-electron chi connectivity index (χ2n) is 28.5. The van der Waals surface area contributed by atoms with Crippen molar-refractivity contribution in [3.05, 3.63) is 54.2 Å². The summed E-state index contributed by atoms with van der Waals surface area (Å²) in [5, 5.41) is 99.7. The number of nitrogens with one attached hydrogen (secondary N) is 21. The Morgan fingerprint density at radius 3 is 1.25 bits per heavy atom. The fourth-order valence-electron chi connectivity index (χ4n) is 12.1. The zero-order chi connectivity index (χ0) is 92.7. The van der Waals surface area contributed by atoms with Crippen molar-refractivity contribution >= 4 is 194 Å². The van der Waals surface area contributed by atoms with E-state index in [1.165, 1.54) is 18.7 Å². The Morgan fingerprint density at radius 2 is 0.786 bits per heavy atom. The van der Waals surface area contributed by atoms with Crippen molar-refractivity contribution in [1.29, 1.82) is 10.8 Å². The lowest BCUT2D eigenvalue weighted by molar-refractivity contribution is -0.141. The van der Waals surface area contributed by atoms with E-state index >= 15 is 14.4 Å². The molecule has 3 aliphatic rings. The highest BCUT2D eigenvalue weighted by atomic mass is 33.1. The molecule has 50 nitrogen and oxygen atoms in total. The number of aliphatic hydroxyl groups is 3. The molecule has 5 heterocycles. The number of guanidine groups is 2. The second kappa shape index (κ2) is 53.4. The fraction of sp³-hybridized carbons (Fsp3) is 0.557. The Labute approximate surface area is 742 Å². The molecule has 2 aromatic heterocycles. The van der Waals surface area contributed by atoms with Gasteiger partial charge in [-0.15, -0.1) is 0 Å². The van der Waals surface area contributed by atoms with Gasteiger partial charge in [0.25, 0.3) is 0 Å². The zero-order valence-corrected chi connectivity index (χ0v) is 72.4. The molecule has 17 amide bonds. The molecule has 0 spiro atoms. The summed E-state index contributed by atoms with van der Waals surface area (Å²) in [4.78, 5) is 270. The molecule has 37 N–H and O–H groups in total. The minimum atomic E-state index is -2.18. The van der Waals surface area contributed by atoms with Crippen molar-refractivity contribution in [3.63, 3.8) is 0 Å². The first-order valence-electron chi connectivity index (χ1n) is 39.1. The maximum Gasteiger partial charge on any atom is 0.305 e. The number of hydrogen-bond acceptors (Lipinski definition) is 32. The van der Waals surface area contributed by atoms with Crippen LogP contribution in [0.15, 0.2) is 43.0 Å². The number of para-hydroxylation sites is 1. The van der Waals surface area contributed by atoms with Crippen LogP contribution in [0.4, 0.5) is 0 Å². The average Bonchev–Trinajstić information content (AvgIpc) is 1.68. The highest BCUT2D eigenvalue weighted by Crippen LogP contribution is 2.28. The van der Waals surface area contributed by atoms with E-state index in [2.05, 4.69) is 105 Å². The molecule has 126 heavy (non-hydrogen) atoms. The molecule has 3 fully saturated rings. The number of benzene rings is 1. The molecule has 4 bridgehead atoms. The lowest BCUT2D eigenvalue weighted by Gasteiger charge is -2.28. The topological polar surface area (TPSA) is 841 Å². The molecular weight excluding hydrogens is 1780 g/mol. The summed E-state index contributed by atoms with van der Waals surface area (Å²) < 4.78 is 0. The third kappa shape index (κ3) is 34.7. The largest absolute Gasteiger partial charge is 0.481 e. The first kappa shape index (κ1) is 104. The van der Waals surface area contributed by atoms with Gasteiger partial charge >= 0.3 is 5.97 Å². The summed E-state index contributed by atoms with van der Waals surface area (Å²) in [6.07, 6.45) is -0.303. The van der Waals surface area contributed by atoms with Crippen molar-refractivity contribution in [1.82, 2.24) is 105 Å². The lowest BCUT2D eigenvalue weighted by Crippen LogP contribution is -2.62. The zero-order valence-electron chi connectivity index (χ0n) is 67.5. The number of nitrogens with zero attached hydrogens (tertiary/aromatic N) is 1. The van der Waals surface area contributed by atoms with Gasteiger partial charge in [-0.05, 0) is 63.1 Å². The first-order valence-corrected chi connectivity index (χ1v) is 46.5. The van der Waals surface area contributed by atoms with Crippen LogP contribution in [0.1, 0.15) is 69.0 Å². The van der Waals surface area contributed by atoms with Gasteiger partial charge in [0.15, 0.2) is 11.9 Å². The summed E-state index contributed by atoms with van der Waals surface area (Å²) in [5.74, 6) is -27.2. The molecule has 0 aliphatic carbocycles. The van der Waals surface area contributed by atoms with E-state index in [0.717, 1.165) is 43.2 Å². The van der Waals surface area contributed by atoms with Gasteiger partial charge in [-0.3, -0.25) is 97.1 Å². The van der Waals surface area contributed by atoms with Crippen LogP contribution in [0, 0.1) is 10.8 Å². The standard InChI is InChI=1S/C70H106N28O22S6/c71-12-4-3-9-36-55(107)87-39(15-31-19-82-35-8-2-1-7-33(31)35)58(110)97-48-27-123-121-24-34(72)54(106)95-47-26-125-126-29-50(68(120)94-46(53(74)105)25-122-124-28-49(98-60(112)41(17-51(73)102)89-66(47)118)67(119)93-45(23-101)64(116)92-44(22-100)63(115)84-36)96-57(109)38(11-6-14-81-70(77)78)85-62(114)43(21-99)91-59(111)40(16-32-20-79-30-83-32)88-61(113)42(18-52(103)104)90-56(108)37(86-65(48)117)10-5-13-80-69(75)76/h1-2,7-8,19-20,30,34,36-50,82,99-101H,3-6,9-18,21-29,71-72H2,(H2,73,102)(H2,74,105)(H,79,83)(H,84,115)(H,85,114)(H,86,117)(H,87,107)(H,88,113)(H,89,118)(H,90,108)(H,91,111)(H,92,116)(H,93,119)(H,94,120)(H,95,106)(H,96,109)(H,97,110)(H,98,112)(H,103,104)(H4,75,76,80)(H4,77,78,81)/t34-,36-,37-,38-,39-,40-,41-,42-,43-,44-,45-,46-,47-,48-,49-,50-/m0/s1. The minimum absolute atomic E-state index is 0.0490. The van der Waals surface area contributed by atoms with E-state index in [1.807, 2.05) is 0 Å². The molecule has 3 saturated heterocycles. The molecule has 16 atom stereocenters. The van der Waals surface area contributed by atoms with Gasteiger partial charge in [-0.25, -0.2) is 4.98 Å². The molecule has 694 valence electrons. The number of primary amides is 2. The number of hydrogen-bond donors (Lipinski definition) is 31. The number of carboxylic acid groups (broad SMARTS) is 1. The summed E-state index contributed by atoms with van der Waals surface area (Å²) in [7, 11) is 4.39. The van der Waals surface area contributed by atoms with Crippen LogP contribution in [0.3, 0.4) is 0 Å². The molecule has 0 saturated carbocycles. The van der Waals surface area contributed by atoms with Crippen LogP contribution in [-0.4, -0.2) is 324 Å². The minimum Gasteiger partial charge on any atom is -0.481 e. The number of carbonyl (C=O) groups is 18. The van der Waals surface area contributed by atoms with E-state index < -0.39 is 308 Å². The van der Waals surface area contributed by atoms with Crippen molar-refractivity contribution in [3.8, 4) is 0 Å². The van der Waals surface area contributed by atoms with E-state index in [-0.39, 0.29) is 57.4 Å². The highest BCUT2D eigenvalue weighted by molar-refractivity contribution is 8.77. The third-order valence-electron chi connectivity index (χ3n) is 18.8. The van der Waals surface area contributed by atoms with Gasteiger partial charge < -0.3 is 155 Å². The monoisotopic (exact) mass is 1880 g/mol. The Bertz CT molecular complexity index is 4350. The summed E-state index contributed by atoms with van der Waals surface area (Å²) >= 11 is 0. The number of imidazole rings is 1. The van der Waals surface area contributed by atoms with Gasteiger partial charge in [-0.2, -0.15) is 0 Å². The van der Waals surface area contributed by atoms with Crippen LogP contribution in [0.2, 0.25) is 0 Å². The van der Waals surface area contributed by atoms with Crippen LogP contribution in [0.25, 0.3) is 10.9 Å². The number of amides is 17. The maximum absolute atomic E-state index is 15.5. The maximum atomic E-state index is 15.5. The number of aliphatic hydroxyl groups excluding tert-OH is 3. The van der Waals surface area contributed by atoms with Gasteiger partial charge in [0.2, 0.25) is 100 Å². The third-order valence-corrected chi connectivity index (χ3v) is 26.1. The molecule has 0 unspecified atom stereocenters. The van der Waals surface area contributed by atoms with Crippen LogP contribution in [0.5, 0.6) is 0 Å². The van der Waals surface area contributed by atoms with Crippen molar-refractivity contribution in [2.75, 3.05) is 74.0 Å². The number of rotatable bonds is 24. The normalized spacial score (nSPS) is 26.4.